The fourth-order valence-corrected chi connectivity index (χ4v) is 1.75. The fraction of sp³-hybridized carbons (Fsp3) is 0.846. The smallest absolute Gasteiger partial charge is 0.0873 e. The van der Waals surface area contributed by atoms with E-state index in [1.165, 1.54) is 51.6 Å². The van der Waals surface area contributed by atoms with Gasteiger partial charge in [0.1, 0.15) is 0 Å². The van der Waals surface area contributed by atoms with E-state index < -0.39 is 0 Å². The molecule has 0 amide bonds. The maximum atomic E-state index is 5.09. The fourth-order valence-electron chi connectivity index (χ4n) is 1.75. The Labute approximate surface area is 95.3 Å². The molecule has 0 fully saturated rings. The molecule has 0 aromatic rings. The number of ether oxygens (including phenoxy) is 1. The van der Waals surface area contributed by atoms with E-state index >= 15 is 0 Å². The molecule has 15 heavy (non-hydrogen) atoms. The molecule has 0 aromatic carbocycles. The molecule has 0 aromatic heterocycles. The van der Waals surface area contributed by atoms with Crippen LogP contribution in [0.25, 0.3) is 0 Å². The van der Waals surface area contributed by atoms with Crippen molar-refractivity contribution < 1.29 is 4.74 Å². The van der Waals surface area contributed by atoms with Crippen LogP contribution in [0.5, 0.6) is 0 Å². The zero-order valence-corrected chi connectivity index (χ0v) is 10.5. The number of rotatable bonds is 11. The van der Waals surface area contributed by atoms with Crippen LogP contribution in [0.3, 0.4) is 0 Å². The van der Waals surface area contributed by atoms with Gasteiger partial charge in [0.15, 0.2) is 0 Å². The average molecular weight is 213 g/mol. The first-order chi connectivity index (χ1) is 7.35. The molecule has 0 saturated carbocycles. The average Bonchev–Trinajstić information content (AvgIpc) is 2.24. The van der Waals surface area contributed by atoms with E-state index in [1.54, 1.807) is 0 Å². The van der Waals surface area contributed by atoms with Crippen molar-refractivity contribution in [2.24, 2.45) is 0 Å². The monoisotopic (exact) mass is 213 g/mol. The summed E-state index contributed by atoms with van der Waals surface area (Å²) in [6, 6.07) is 0. The van der Waals surface area contributed by atoms with Gasteiger partial charge in [-0.2, -0.15) is 0 Å². The van der Waals surface area contributed by atoms with Gasteiger partial charge in [0.05, 0.1) is 12.9 Å². The standard InChI is InChI=1S/C13H27NO/c1-4-10-14(11-5-2)12-8-7-9-13-15-6-3/h6H,3-5,7-13H2,1-2H3. The Kier molecular flexibility index (Phi) is 11.2. The van der Waals surface area contributed by atoms with Gasteiger partial charge in [0, 0.05) is 0 Å². The minimum atomic E-state index is 0.824. The van der Waals surface area contributed by atoms with E-state index in [1.807, 2.05) is 0 Å². The van der Waals surface area contributed by atoms with Crippen molar-refractivity contribution in [2.45, 2.75) is 46.0 Å². The lowest BCUT2D eigenvalue weighted by molar-refractivity contribution is 0.231. The molecule has 0 unspecified atom stereocenters. The van der Waals surface area contributed by atoms with E-state index in [0.717, 1.165) is 13.0 Å². The first-order valence-corrected chi connectivity index (χ1v) is 6.30. The van der Waals surface area contributed by atoms with Gasteiger partial charge in [-0.1, -0.05) is 20.4 Å². The lowest BCUT2D eigenvalue weighted by atomic mass is 10.2. The largest absolute Gasteiger partial charge is 0.502 e. The van der Waals surface area contributed by atoms with Crippen LogP contribution in [-0.2, 0) is 4.74 Å². The molecule has 0 atom stereocenters. The van der Waals surface area contributed by atoms with Crippen LogP contribution >= 0.6 is 0 Å². The third-order valence-electron chi connectivity index (χ3n) is 2.43. The maximum Gasteiger partial charge on any atom is 0.0873 e. The van der Waals surface area contributed by atoms with Crippen LogP contribution in [0.15, 0.2) is 12.8 Å². The van der Waals surface area contributed by atoms with Gasteiger partial charge in [-0.25, -0.2) is 0 Å². The molecule has 0 aliphatic rings. The molecule has 0 aliphatic carbocycles. The minimum absolute atomic E-state index is 0.824. The summed E-state index contributed by atoms with van der Waals surface area (Å²) in [5.74, 6) is 0. The first kappa shape index (κ1) is 14.5. The van der Waals surface area contributed by atoms with Crippen molar-refractivity contribution in [2.75, 3.05) is 26.2 Å². The van der Waals surface area contributed by atoms with E-state index in [0.29, 0.717) is 0 Å². The summed E-state index contributed by atoms with van der Waals surface area (Å²) in [6.07, 6.45) is 7.76. The topological polar surface area (TPSA) is 12.5 Å². The first-order valence-electron chi connectivity index (χ1n) is 6.30. The number of hydrogen-bond acceptors (Lipinski definition) is 2. The summed E-state index contributed by atoms with van der Waals surface area (Å²) in [6.45, 7) is 12.6. The molecule has 2 nitrogen and oxygen atoms in total. The van der Waals surface area contributed by atoms with Crippen LogP contribution in [0.2, 0.25) is 0 Å². The summed E-state index contributed by atoms with van der Waals surface area (Å²) in [5, 5.41) is 0. The summed E-state index contributed by atoms with van der Waals surface area (Å²) in [5.41, 5.74) is 0. The van der Waals surface area contributed by atoms with Gasteiger partial charge in [0.2, 0.25) is 0 Å². The Morgan fingerprint density at radius 2 is 1.67 bits per heavy atom. The van der Waals surface area contributed by atoms with Crippen molar-refractivity contribution in [3.05, 3.63) is 12.8 Å². The zero-order chi connectivity index (χ0) is 11.4. The van der Waals surface area contributed by atoms with Gasteiger partial charge in [-0.3, -0.25) is 0 Å². The highest BCUT2D eigenvalue weighted by molar-refractivity contribution is 4.57. The molecule has 0 saturated heterocycles. The van der Waals surface area contributed by atoms with Crippen LogP contribution in [0, 0.1) is 0 Å². The molecule has 90 valence electrons. The molecule has 2 heteroatoms. The van der Waals surface area contributed by atoms with Crippen molar-refractivity contribution >= 4 is 0 Å². The van der Waals surface area contributed by atoms with Gasteiger partial charge < -0.3 is 9.64 Å². The Morgan fingerprint density at radius 1 is 1.00 bits per heavy atom. The molecular weight excluding hydrogens is 186 g/mol. The molecule has 0 heterocycles. The Morgan fingerprint density at radius 3 is 2.20 bits per heavy atom. The highest BCUT2D eigenvalue weighted by Crippen LogP contribution is 2.01. The SMILES string of the molecule is C=COCCCCCN(CCC)CCC. The molecule has 0 spiro atoms. The highest BCUT2D eigenvalue weighted by Gasteiger charge is 2.01. The second-order valence-corrected chi connectivity index (χ2v) is 3.94. The number of nitrogens with zero attached hydrogens (tertiary/aromatic N) is 1. The van der Waals surface area contributed by atoms with Gasteiger partial charge in [0.25, 0.3) is 0 Å². The number of hydrogen-bond donors (Lipinski definition) is 0. The second-order valence-electron chi connectivity index (χ2n) is 3.94. The van der Waals surface area contributed by atoms with Gasteiger partial charge >= 0.3 is 0 Å². The second kappa shape index (κ2) is 11.6. The van der Waals surface area contributed by atoms with Gasteiger partial charge in [-0.15, -0.1) is 0 Å². The summed E-state index contributed by atoms with van der Waals surface area (Å²) >= 11 is 0. The summed E-state index contributed by atoms with van der Waals surface area (Å²) in [7, 11) is 0. The predicted molar refractivity (Wildman–Crippen MR) is 67.0 cm³/mol. The quantitative estimate of drug-likeness (QED) is 0.385. The third-order valence-corrected chi connectivity index (χ3v) is 2.43. The normalized spacial score (nSPS) is 10.6. The van der Waals surface area contributed by atoms with Gasteiger partial charge in [-0.05, 0) is 51.7 Å². The molecule has 0 N–H and O–H groups in total. The van der Waals surface area contributed by atoms with Crippen LogP contribution in [-0.4, -0.2) is 31.1 Å². The van der Waals surface area contributed by atoms with E-state index in [9.17, 15) is 0 Å². The Balaban J connectivity index is 3.31. The highest BCUT2D eigenvalue weighted by atomic mass is 16.5. The van der Waals surface area contributed by atoms with Crippen molar-refractivity contribution in [3.8, 4) is 0 Å². The molecule has 0 radical (unpaired) electrons. The number of unbranched alkanes of at least 4 members (excludes halogenated alkanes) is 2. The van der Waals surface area contributed by atoms with Crippen molar-refractivity contribution in [3.63, 3.8) is 0 Å². The lowest BCUT2D eigenvalue weighted by Crippen LogP contribution is -2.26. The minimum Gasteiger partial charge on any atom is -0.502 e. The van der Waals surface area contributed by atoms with Crippen molar-refractivity contribution in [1.29, 1.82) is 0 Å². The van der Waals surface area contributed by atoms with Crippen LogP contribution < -0.4 is 0 Å². The third kappa shape index (κ3) is 9.80. The summed E-state index contributed by atoms with van der Waals surface area (Å²) in [4.78, 5) is 2.56. The van der Waals surface area contributed by atoms with E-state index in [-0.39, 0.29) is 0 Å². The Bertz CT molecular complexity index is 130. The lowest BCUT2D eigenvalue weighted by Gasteiger charge is -2.20. The van der Waals surface area contributed by atoms with Crippen LogP contribution in [0.4, 0.5) is 0 Å². The van der Waals surface area contributed by atoms with Crippen molar-refractivity contribution in [1.82, 2.24) is 4.90 Å². The van der Waals surface area contributed by atoms with E-state index in [4.69, 9.17) is 4.74 Å². The van der Waals surface area contributed by atoms with E-state index in [2.05, 4.69) is 25.3 Å². The molecule has 0 rings (SSSR count). The summed E-state index contributed by atoms with van der Waals surface area (Å²) < 4.78 is 5.09. The molecular formula is C13H27NO. The maximum absolute atomic E-state index is 5.09. The zero-order valence-electron chi connectivity index (χ0n) is 10.5. The Hall–Kier alpha value is -0.500. The van der Waals surface area contributed by atoms with Crippen LogP contribution in [0.1, 0.15) is 46.0 Å². The molecule has 0 bridgehead atoms. The predicted octanol–water partition coefficient (Wildman–Crippen LogP) is 3.44. The molecule has 0 aliphatic heterocycles.